The van der Waals surface area contributed by atoms with E-state index >= 15 is 0 Å². The van der Waals surface area contributed by atoms with Gasteiger partial charge in [-0.25, -0.2) is 4.39 Å². The first-order chi connectivity index (χ1) is 11.5. The lowest BCUT2D eigenvalue weighted by atomic mass is 10.0. The zero-order valence-corrected chi connectivity index (χ0v) is 15.2. The summed E-state index contributed by atoms with van der Waals surface area (Å²) < 4.78 is 14.9. The van der Waals surface area contributed by atoms with Crippen LogP contribution in [0.25, 0.3) is 0 Å². The average molecular weight is 440 g/mol. The van der Waals surface area contributed by atoms with E-state index in [1.165, 1.54) is 6.07 Å². The molecule has 5 nitrogen and oxygen atoms in total. The molecule has 1 aromatic carbocycles. The Morgan fingerprint density at radius 2 is 2.04 bits per heavy atom. The number of carbonyl (C=O) groups excluding carboxylic acids is 1. The summed E-state index contributed by atoms with van der Waals surface area (Å²) in [6.07, 6.45) is 4.70. The Morgan fingerprint density at radius 1 is 1.29 bits per heavy atom. The molecule has 1 aromatic heterocycles. The van der Waals surface area contributed by atoms with Crippen LogP contribution in [0.4, 0.5) is 15.8 Å². The molecule has 24 heavy (non-hydrogen) atoms. The van der Waals surface area contributed by atoms with Gasteiger partial charge in [-0.15, -0.1) is 0 Å². The number of nitrogens with zero attached hydrogens (tertiary/aromatic N) is 2. The molecule has 0 radical (unpaired) electrons. The molecule has 126 valence electrons. The molecule has 1 saturated heterocycles. The zero-order valence-electron chi connectivity index (χ0n) is 13.0. The lowest BCUT2D eigenvalue weighted by molar-refractivity contribution is 0.0715. The fourth-order valence-corrected chi connectivity index (χ4v) is 3.14. The smallest absolute Gasteiger partial charge is 0.256 e. The minimum absolute atomic E-state index is 0.0854. The standard InChI is InChI=1S/C17H18FIN4O/c18-14-9-11(19)1-2-15(14)22-16-10-21-6-3-13(16)17(24)23-7-4-12(20)5-8-23/h1-3,6,9-10,12,22H,4-5,7-8,20H2. The van der Waals surface area contributed by atoms with Gasteiger partial charge in [0.15, 0.2) is 0 Å². The molecular formula is C17H18FIN4O. The minimum Gasteiger partial charge on any atom is -0.351 e. The lowest BCUT2D eigenvalue weighted by Crippen LogP contribution is -2.43. The molecule has 3 rings (SSSR count). The number of halogens is 2. The Balaban J connectivity index is 1.83. The Bertz CT molecular complexity index is 747. The molecule has 0 unspecified atom stereocenters. The first-order valence-electron chi connectivity index (χ1n) is 7.75. The van der Waals surface area contributed by atoms with Crippen molar-refractivity contribution in [2.24, 2.45) is 5.73 Å². The molecule has 0 atom stereocenters. The molecule has 1 fully saturated rings. The van der Waals surface area contributed by atoms with Gasteiger partial charge in [-0.05, 0) is 59.7 Å². The number of pyridine rings is 1. The quantitative estimate of drug-likeness (QED) is 0.720. The van der Waals surface area contributed by atoms with E-state index in [0.717, 1.165) is 16.4 Å². The van der Waals surface area contributed by atoms with Crippen molar-refractivity contribution >= 4 is 39.9 Å². The van der Waals surface area contributed by atoms with Crippen LogP contribution < -0.4 is 11.1 Å². The van der Waals surface area contributed by atoms with Crippen LogP contribution in [0.15, 0.2) is 36.7 Å². The van der Waals surface area contributed by atoms with E-state index in [9.17, 15) is 9.18 Å². The van der Waals surface area contributed by atoms with Crippen molar-refractivity contribution in [3.8, 4) is 0 Å². The minimum atomic E-state index is -0.368. The van der Waals surface area contributed by atoms with Crippen LogP contribution in [0, 0.1) is 9.39 Å². The first kappa shape index (κ1) is 17.1. The van der Waals surface area contributed by atoms with Gasteiger partial charge in [0, 0.05) is 28.9 Å². The van der Waals surface area contributed by atoms with Crippen molar-refractivity contribution in [1.29, 1.82) is 0 Å². The van der Waals surface area contributed by atoms with Crippen LogP contribution >= 0.6 is 22.6 Å². The van der Waals surface area contributed by atoms with Crippen LogP contribution in [0.2, 0.25) is 0 Å². The highest BCUT2D eigenvalue weighted by Gasteiger charge is 2.23. The third-order valence-electron chi connectivity index (χ3n) is 4.08. The molecule has 0 aliphatic carbocycles. The zero-order chi connectivity index (χ0) is 17.1. The van der Waals surface area contributed by atoms with Crippen molar-refractivity contribution in [2.75, 3.05) is 18.4 Å². The number of amides is 1. The summed E-state index contributed by atoms with van der Waals surface area (Å²) in [5, 5.41) is 2.98. The summed E-state index contributed by atoms with van der Waals surface area (Å²) in [4.78, 5) is 18.6. The second-order valence-electron chi connectivity index (χ2n) is 5.80. The summed E-state index contributed by atoms with van der Waals surface area (Å²) >= 11 is 2.05. The van der Waals surface area contributed by atoms with Crippen molar-refractivity contribution in [2.45, 2.75) is 18.9 Å². The van der Waals surface area contributed by atoms with Gasteiger partial charge in [-0.1, -0.05) is 0 Å². The van der Waals surface area contributed by atoms with Gasteiger partial charge < -0.3 is 16.0 Å². The number of nitrogens with one attached hydrogen (secondary N) is 1. The molecule has 0 spiro atoms. The van der Waals surface area contributed by atoms with E-state index in [0.29, 0.717) is 30.0 Å². The number of benzene rings is 1. The topological polar surface area (TPSA) is 71.2 Å². The summed E-state index contributed by atoms with van der Waals surface area (Å²) in [5.41, 5.74) is 7.19. The van der Waals surface area contributed by atoms with E-state index in [4.69, 9.17) is 5.73 Å². The van der Waals surface area contributed by atoms with Crippen molar-refractivity contribution in [3.63, 3.8) is 0 Å². The van der Waals surface area contributed by atoms with Gasteiger partial charge in [0.1, 0.15) is 5.82 Å². The lowest BCUT2D eigenvalue weighted by Gasteiger charge is -2.30. The van der Waals surface area contributed by atoms with Crippen molar-refractivity contribution < 1.29 is 9.18 Å². The number of likely N-dealkylation sites (tertiary alicyclic amines) is 1. The molecule has 3 N–H and O–H groups in total. The highest BCUT2D eigenvalue weighted by atomic mass is 127. The molecule has 1 aliphatic rings. The Hall–Kier alpha value is -1.74. The molecule has 2 heterocycles. The number of hydrogen-bond donors (Lipinski definition) is 2. The van der Waals surface area contributed by atoms with Gasteiger partial charge in [-0.2, -0.15) is 0 Å². The third-order valence-corrected chi connectivity index (χ3v) is 4.75. The number of piperidine rings is 1. The van der Waals surface area contributed by atoms with Gasteiger partial charge in [-0.3, -0.25) is 9.78 Å². The summed E-state index contributed by atoms with van der Waals surface area (Å²) in [5.74, 6) is -0.453. The SMILES string of the molecule is NC1CCN(C(=O)c2ccncc2Nc2ccc(I)cc2F)CC1. The van der Waals surface area contributed by atoms with Crippen LogP contribution in [0.3, 0.4) is 0 Å². The van der Waals surface area contributed by atoms with Crippen LogP contribution in [0.1, 0.15) is 23.2 Å². The van der Waals surface area contributed by atoms with Gasteiger partial charge >= 0.3 is 0 Å². The second kappa shape index (κ2) is 7.43. The largest absolute Gasteiger partial charge is 0.351 e. The molecule has 1 amide bonds. The van der Waals surface area contributed by atoms with Crippen LogP contribution in [-0.2, 0) is 0 Å². The molecule has 0 bridgehead atoms. The molecular weight excluding hydrogens is 422 g/mol. The molecule has 2 aromatic rings. The van der Waals surface area contributed by atoms with Crippen LogP contribution in [-0.4, -0.2) is 34.9 Å². The fraction of sp³-hybridized carbons (Fsp3) is 0.294. The van der Waals surface area contributed by atoms with Crippen molar-refractivity contribution in [3.05, 3.63) is 51.6 Å². The maximum absolute atomic E-state index is 14.1. The predicted octanol–water partition coefficient (Wildman–Crippen LogP) is 3.13. The number of rotatable bonds is 3. The highest BCUT2D eigenvalue weighted by molar-refractivity contribution is 14.1. The van der Waals surface area contributed by atoms with E-state index in [1.807, 2.05) is 0 Å². The summed E-state index contributed by atoms with van der Waals surface area (Å²) in [6, 6.07) is 6.70. The predicted molar refractivity (Wildman–Crippen MR) is 99.7 cm³/mol. The van der Waals surface area contributed by atoms with E-state index < -0.39 is 0 Å². The number of nitrogens with two attached hydrogens (primary N) is 1. The normalized spacial score (nSPS) is 15.4. The second-order valence-corrected chi connectivity index (χ2v) is 7.05. The number of hydrogen-bond acceptors (Lipinski definition) is 4. The maximum Gasteiger partial charge on any atom is 0.256 e. The van der Waals surface area contributed by atoms with E-state index in [1.54, 1.807) is 35.5 Å². The number of anilines is 2. The Morgan fingerprint density at radius 3 is 2.75 bits per heavy atom. The first-order valence-corrected chi connectivity index (χ1v) is 8.83. The molecule has 7 heteroatoms. The average Bonchev–Trinajstić information content (AvgIpc) is 2.58. The maximum atomic E-state index is 14.1. The fourth-order valence-electron chi connectivity index (χ4n) is 2.69. The van der Waals surface area contributed by atoms with Crippen LogP contribution in [0.5, 0.6) is 0 Å². The summed E-state index contributed by atoms with van der Waals surface area (Å²) in [7, 11) is 0. The summed E-state index contributed by atoms with van der Waals surface area (Å²) in [6.45, 7) is 1.28. The monoisotopic (exact) mass is 440 g/mol. The molecule has 0 saturated carbocycles. The van der Waals surface area contributed by atoms with Gasteiger partial charge in [0.25, 0.3) is 5.91 Å². The third kappa shape index (κ3) is 3.84. The highest BCUT2D eigenvalue weighted by Crippen LogP contribution is 2.25. The van der Waals surface area contributed by atoms with Gasteiger partial charge in [0.05, 0.1) is 23.1 Å². The number of aromatic nitrogens is 1. The Labute approximate surface area is 153 Å². The number of carbonyl (C=O) groups is 1. The van der Waals surface area contributed by atoms with E-state index in [2.05, 4.69) is 32.9 Å². The van der Waals surface area contributed by atoms with E-state index in [-0.39, 0.29) is 17.8 Å². The molecule has 1 aliphatic heterocycles. The Kier molecular flexibility index (Phi) is 5.30. The van der Waals surface area contributed by atoms with Crippen molar-refractivity contribution in [1.82, 2.24) is 9.88 Å². The van der Waals surface area contributed by atoms with Gasteiger partial charge in [0.2, 0.25) is 0 Å².